The first-order valence-corrected chi connectivity index (χ1v) is 3.93. The minimum absolute atomic E-state index is 0.895. The summed E-state index contributed by atoms with van der Waals surface area (Å²) in [5.41, 5.74) is 2.92. The summed E-state index contributed by atoms with van der Waals surface area (Å²) in [6.45, 7) is 3.90. The highest BCUT2D eigenvalue weighted by molar-refractivity contribution is 5.82. The van der Waals surface area contributed by atoms with Gasteiger partial charge in [0.15, 0.2) is 0 Å². The largest absolute Gasteiger partial charge is 0.298 e. The molecule has 0 heterocycles. The average molecular weight is 151 g/mol. The van der Waals surface area contributed by atoms with Gasteiger partial charge in [-0.3, -0.25) is 9.79 Å². The molecule has 0 saturated heterocycles. The van der Waals surface area contributed by atoms with Crippen molar-refractivity contribution in [3.05, 3.63) is 11.3 Å². The molecule has 1 aliphatic rings. The Bertz CT molecular complexity index is 222. The molecule has 0 radical (unpaired) electrons. The molecule has 0 aromatic heterocycles. The Morgan fingerprint density at radius 2 is 2.18 bits per heavy atom. The molecule has 2 heteroatoms. The zero-order chi connectivity index (χ0) is 8.27. The monoisotopic (exact) mass is 151 g/mol. The van der Waals surface area contributed by atoms with Gasteiger partial charge in [0, 0.05) is 17.0 Å². The number of hydrogen-bond acceptors (Lipinski definition) is 2. The SMILES string of the molecule is CC(C)=NC1=C(C=O)CCC1. The Kier molecular flexibility index (Phi) is 2.58. The smallest absolute Gasteiger partial charge is 0.147 e. The Morgan fingerprint density at radius 3 is 2.73 bits per heavy atom. The molecular weight excluding hydrogens is 138 g/mol. The van der Waals surface area contributed by atoms with Crippen molar-refractivity contribution < 1.29 is 4.79 Å². The quantitative estimate of drug-likeness (QED) is 0.439. The fraction of sp³-hybridized carbons (Fsp3) is 0.556. The van der Waals surface area contributed by atoms with Crippen LogP contribution in [-0.2, 0) is 4.79 Å². The second kappa shape index (κ2) is 3.46. The number of aliphatic imine (C=N–C) groups is 1. The van der Waals surface area contributed by atoms with E-state index in [-0.39, 0.29) is 0 Å². The molecule has 0 saturated carbocycles. The standard InChI is InChI=1S/C9H13NO/c1-7(2)10-9-5-3-4-8(9)6-11/h6H,3-5H2,1-2H3. The summed E-state index contributed by atoms with van der Waals surface area (Å²) >= 11 is 0. The molecule has 0 atom stereocenters. The van der Waals surface area contributed by atoms with Crippen molar-refractivity contribution in [1.82, 2.24) is 0 Å². The van der Waals surface area contributed by atoms with Crippen LogP contribution >= 0.6 is 0 Å². The molecule has 0 fully saturated rings. The van der Waals surface area contributed by atoms with Gasteiger partial charge in [-0.15, -0.1) is 0 Å². The van der Waals surface area contributed by atoms with Gasteiger partial charge in [0.25, 0.3) is 0 Å². The van der Waals surface area contributed by atoms with Gasteiger partial charge in [-0.05, 0) is 33.1 Å². The first kappa shape index (κ1) is 8.18. The van der Waals surface area contributed by atoms with Crippen LogP contribution in [0, 0.1) is 0 Å². The molecule has 1 aliphatic carbocycles. The molecule has 0 N–H and O–H groups in total. The van der Waals surface area contributed by atoms with Crippen LogP contribution in [0.15, 0.2) is 16.3 Å². The normalized spacial score (nSPS) is 16.9. The van der Waals surface area contributed by atoms with Gasteiger partial charge in [0.05, 0.1) is 0 Å². The molecule has 1 rings (SSSR count). The molecule has 0 unspecified atom stereocenters. The first-order valence-electron chi connectivity index (χ1n) is 3.93. The summed E-state index contributed by atoms with van der Waals surface area (Å²) in [7, 11) is 0. The Labute approximate surface area is 67.0 Å². The number of hydrogen-bond donors (Lipinski definition) is 0. The van der Waals surface area contributed by atoms with Crippen LogP contribution in [0.2, 0.25) is 0 Å². The summed E-state index contributed by atoms with van der Waals surface area (Å²) < 4.78 is 0. The van der Waals surface area contributed by atoms with Crippen molar-refractivity contribution in [2.45, 2.75) is 33.1 Å². The lowest BCUT2D eigenvalue weighted by atomic mass is 10.2. The minimum Gasteiger partial charge on any atom is -0.298 e. The van der Waals surface area contributed by atoms with Crippen molar-refractivity contribution in [2.75, 3.05) is 0 Å². The van der Waals surface area contributed by atoms with Gasteiger partial charge in [-0.1, -0.05) is 0 Å². The summed E-state index contributed by atoms with van der Waals surface area (Å²) in [6.07, 6.45) is 3.91. The summed E-state index contributed by atoms with van der Waals surface area (Å²) in [4.78, 5) is 14.8. The van der Waals surface area contributed by atoms with E-state index in [2.05, 4.69) is 4.99 Å². The van der Waals surface area contributed by atoms with Gasteiger partial charge in [-0.25, -0.2) is 0 Å². The second-order valence-electron chi connectivity index (χ2n) is 3.00. The van der Waals surface area contributed by atoms with Gasteiger partial charge in [0.2, 0.25) is 0 Å². The van der Waals surface area contributed by atoms with Crippen LogP contribution in [0.4, 0.5) is 0 Å². The molecule has 0 spiro atoms. The Balaban J connectivity index is 2.83. The highest BCUT2D eigenvalue weighted by Gasteiger charge is 2.12. The second-order valence-corrected chi connectivity index (χ2v) is 3.00. The fourth-order valence-corrected chi connectivity index (χ4v) is 1.28. The third-order valence-corrected chi connectivity index (χ3v) is 1.73. The number of allylic oxidation sites excluding steroid dienone is 2. The fourth-order valence-electron chi connectivity index (χ4n) is 1.28. The lowest BCUT2D eigenvalue weighted by molar-refractivity contribution is -0.105. The third kappa shape index (κ3) is 2.00. The topological polar surface area (TPSA) is 29.4 Å². The van der Waals surface area contributed by atoms with Crippen LogP contribution in [-0.4, -0.2) is 12.0 Å². The number of rotatable bonds is 2. The van der Waals surface area contributed by atoms with E-state index in [1.54, 1.807) is 0 Å². The highest BCUT2D eigenvalue weighted by Crippen LogP contribution is 2.25. The van der Waals surface area contributed by atoms with Crippen LogP contribution in [0.25, 0.3) is 0 Å². The van der Waals surface area contributed by atoms with Gasteiger partial charge in [-0.2, -0.15) is 0 Å². The maximum Gasteiger partial charge on any atom is 0.147 e. The zero-order valence-corrected chi connectivity index (χ0v) is 7.05. The Hall–Kier alpha value is -0.920. The first-order chi connectivity index (χ1) is 5.24. The van der Waals surface area contributed by atoms with E-state index in [1.165, 1.54) is 0 Å². The number of carbonyl (C=O) groups excluding carboxylic acids is 1. The van der Waals surface area contributed by atoms with E-state index in [0.717, 1.165) is 42.5 Å². The van der Waals surface area contributed by atoms with E-state index in [9.17, 15) is 4.79 Å². The van der Waals surface area contributed by atoms with E-state index in [1.807, 2.05) is 13.8 Å². The summed E-state index contributed by atoms with van der Waals surface area (Å²) in [5, 5.41) is 0. The molecule has 0 bridgehead atoms. The van der Waals surface area contributed by atoms with Gasteiger partial charge < -0.3 is 0 Å². The predicted octanol–water partition coefficient (Wildman–Crippen LogP) is 2.10. The van der Waals surface area contributed by atoms with Crippen molar-refractivity contribution in [1.29, 1.82) is 0 Å². The lowest BCUT2D eigenvalue weighted by Gasteiger charge is -1.94. The van der Waals surface area contributed by atoms with E-state index in [0.29, 0.717) is 0 Å². The zero-order valence-electron chi connectivity index (χ0n) is 7.05. The third-order valence-electron chi connectivity index (χ3n) is 1.73. The Morgan fingerprint density at radius 1 is 1.45 bits per heavy atom. The molecule has 11 heavy (non-hydrogen) atoms. The van der Waals surface area contributed by atoms with E-state index in [4.69, 9.17) is 0 Å². The lowest BCUT2D eigenvalue weighted by Crippen LogP contribution is -1.86. The van der Waals surface area contributed by atoms with E-state index < -0.39 is 0 Å². The average Bonchev–Trinajstić information content (AvgIpc) is 2.34. The van der Waals surface area contributed by atoms with Gasteiger partial charge >= 0.3 is 0 Å². The van der Waals surface area contributed by atoms with Crippen LogP contribution in [0.5, 0.6) is 0 Å². The van der Waals surface area contributed by atoms with Crippen molar-refractivity contribution in [3.63, 3.8) is 0 Å². The molecule has 0 amide bonds. The molecule has 2 nitrogen and oxygen atoms in total. The molecule has 0 aromatic carbocycles. The predicted molar refractivity (Wildman–Crippen MR) is 45.7 cm³/mol. The van der Waals surface area contributed by atoms with Crippen LogP contribution in [0.1, 0.15) is 33.1 Å². The van der Waals surface area contributed by atoms with E-state index >= 15 is 0 Å². The van der Waals surface area contributed by atoms with Gasteiger partial charge in [0.1, 0.15) is 6.29 Å². The minimum atomic E-state index is 0.895. The number of carbonyl (C=O) groups is 1. The molecule has 0 aliphatic heterocycles. The van der Waals surface area contributed by atoms with Crippen LogP contribution < -0.4 is 0 Å². The maximum atomic E-state index is 10.5. The molecule has 60 valence electrons. The van der Waals surface area contributed by atoms with Crippen molar-refractivity contribution in [3.8, 4) is 0 Å². The summed E-state index contributed by atoms with van der Waals surface area (Å²) in [6, 6.07) is 0. The number of nitrogens with zero attached hydrogens (tertiary/aromatic N) is 1. The van der Waals surface area contributed by atoms with Crippen LogP contribution in [0.3, 0.4) is 0 Å². The molecule has 0 aromatic rings. The molecular formula is C9H13NO. The van der Waals surface area contributed by atoms with Crippen molar-refractivity contribution in [2.24, 2.45) is 4.99 Å². The summed E-state index contributed by atoms with van der Waals surface area (Å²) in [5.74, 6) is 0. The van der Waals surface area contributed by atoms with Crippen molar-refractivity contribution >= 4 is 12.0 Å². The number of aldehydes is 1. The maximum absolute atomic E-state index is 10.5. The highest BCUT2D eigenvalue weighted by atomic mass is 16.1.